The average Bonchev–Trinajstić information content (AvgIpc) is 3.17. The van der Waals surface area contributed by atoms with Gasteiger partial charge < -0.3 is 39.6 Å². The van der Waals surface area contributed by atoms with Crippen LogP contribution in [0, 0.1) is 5.82 Å². The van der Waals surface area contributed by atoms with Crippen LogP contribution in [0.5, 0.6) is 17.4 Å². The van der Waals surface area contributed by atoms with Crippen molar-refractivity contribution in [2.24, 2.45) is 10.7 Å². The first-order valence-corrected chi connectivity index (χ1v) is 17.1. The first-order chi connectivity index (χ1) is 24.9. The Kier molecular flexibility index (Phi) is 17.3. The number of hydrogen-bond acceptors (Lipinski definition) is 10. The molecule has 0 bridgehead atoms. The van der Waals surface area contributed by atoms with Gasteiger partial charge >= 0.3 is 0 Å². The van der Waals surface area contributed by atoms with E-state index >= 15 is 0 Å². The molecule has 1 aliphatic rings. The number of carbonyl (C=O) groups is 1. The van der Waals surface area contributed by atoms with Crippen LogP contribution in [0.4, 0.5) is 15.8 Å². The number of rotatable bonds is 15. The van der Waals surface area contributed by atoms with Gasteiger partial charge in [0.15, 0.2) is 11.5 Å². The summed E-state index contributed by atoms with van der Waals surface area (Å²) in [5.41, 5.74) is 9.93. The van der Waals surface area contributed by atoms with Crippen molar-refractivity contribution in [2.45, 2.75) is 31.8 Å². The number of carbonyl (C=O) groups excluding carboxylic acids is 1. The van der Waals surface area contributed by atoms with Crippen LogP contribution in [-0.2, 0) is 22.6 Å². The maximum Gasteiger partial charge on any atom is 0.213 e. The fourth-order valence-corrected chi connectivity index (χ4v) is 6.10. The lowest BCUT2D eigenvalue weighted by Crippen LogP contribution is -2.40. The van der Waals surface area contributed by atoms with E-state index in [9.17, 15) is 9.50 Å². The molecule has 2 heterocycles. The molecule has 12 heteroatoms. The Balaban J connectivity index is 0.00000169. The fraction of sp³-hybridized carbons (Fsp3) is 0.359. The van der Waals surface area contributed by atoms with Crippen molar-refractivity contribution in [1.82, 2.24) is 9.88 Å². The maximum atomic E-state index is 14.2. The minimum absolute atomic E-state index is 0.0942. The lowest BCUT2D eigenvalue weighted by Gasteiger charge is -2.34. The number of pyridine rings is 1. The van der Waals surface area contributed by atoms with Crippen molar-refractivity contribution in [1.29, 1.82) is 0 Å². The zero-order valence-electron chi connectivity index (χ0n) is 29.7. The summed E-state index contributed by atoms with van der Waals surface area (Å²) < 4.78 is 30.7. The van der Waals surface area contributed by atoms with E-state index in [-0.39, 0.29) is 18.2 Å². The van der Waals surface area contributed by atoms with Crippen molar-refractivity contribution in [3.05, 3.63) is 106 Å². The minimum Gasteiger partial charge on any atom is -0.504 e. The second kappa shape index (κ2) is 21.6. The highest BCUT2D eigenvalue weighted by Crippen LogP contribution is 2.33. The number of methoxy groups -OCH3 is 2. The van der Waals surface area contributed by atoms with Crippen molar-refractivity contribution in [3.63, 3.8) is 0 Å². The zero-order valence-corrected chi connectivity index (χ0v) is 30.4. The summed E-state index contributed by atoms with van der Waals surface area (Å²) in [6.07, 6.45) is 2.67. The average molecular weight is 722 g/mol. The number of piperidine rings is 1. The Bertz CT molecular complexity index is 1670. The van der Waals surface area contributed by atoms with Crippen LogP contribution >= 0.6 is 11.6 Å². The molecule has 10 nitrogen and oxygen atoms in total. The highest BCUT2D eigenvalue weighted by molar-refractivity contribution is 6.30. The zero-order chi connectivity index (χ0) is 37.2. The van der Waals surface area contributed by atoms with E-state index in [1.807, 2.05) is 37.1 Å². The van der Waals surface area contributed by atoms with Crippen LogP contribution in [0.1, 0.15) is 41.1 Å². The van der Waals surface area contributed by atoms with Crippen molar-refractivity contribution in [3.8, 4) is 17.4 Å². The molecule has 1 fully saturated rings. The third kappa shape index (κ3) is 12.0. The number of hydrogen-bond donors (Lipinski definition) is 2. The van der Waals surface area contributed by atoms with E-state index in [2.05, 4.69) is 45.4 Å². The van der Waals surface area contributed by atoms with Gasteiger partial charge in [-0.15, -0.1) is 0 Å². The normalized spacial score (nSPS) is 12.9. The molecule has 0 saturated carbocycles. The molecule has 274 valence electrons. The number of anilines is 1. The molecule has 1 aromatic heterocycles. The predicted octanol–water partition coefficient (Wildman–Crippen LogP) is 6.81. The molecule has 0 aliphatic carbocycles. The number of phenols is 1. The fourth-order valence-electron chi connectivity index (χ4n) is 5.94. The van der Waals surface area contributed by atoms with Crippen LogP contribution in [0.15, 0.2) is 77.8 Å². The van der Waals surface area contributed by atoms with Gasteiger partial charge in [-0.25, -0.2) is 9.37 Å². The summed E-state index contributed by atoms with van der Waals surface area (Å²) in [5, 5.41) is 10.3. The standard InChI is InChI=1S/C37H42ClFN4O4.CH5N.CH2O/c1-40-33-22-26(21-27-8-12-35(44)36(23-27)46-3)7-11-34(33)43(19-20-45-2)18-17-42-15-13-28(14-16-42)32-5-4-6-37(41-32)47-25-29-9-10-30(38)24-31(29)39;2*1-2/h4-12,22-24,28,44H,1,13-21,25H2,2-3H3;2H2,1H3;1H2. The summed E-state index contributed by atoms with van der Waals surface area (Å²) in [6, 6.07) is 22.1. The second-order valence-corrected chi connectivity index (χ2v) is 12.1. The largest absolute Gasteiger partial charge is 0.504 e. The Morgan fingerprint density at radius 1 is 1.02 bits per heavy atom. The summed E-state index contributed by atoms with van der Waals surface area (Å²) in [7, 11) is 4.76. The van der Waals surface area contributed by atoms with Crippen molar-refractivity contribution < 1.29 is 28.5 Å². The topological polar surface area (TPSA) is 123 Å². The number of ether oxygens (including phenoxy) is 3. The molecule has 1 aliphatic heterocycles. The number of benzene rings is 3. The number of halogens is 2. The predicted molar refractivity (Wildman–Crippen MR) is 203 cm³/mol. The van der Waals surface area contributed by atoms with E-state index in [1.54, 1.807) is 32.4 Å². The monoisotopic (exact) mass is 721 g/mol. The SMILES string of the molecule is C=Nc1cc(Cc2ccc(O)c(OC)c2)ccc1N(CCOC)CCN1CCC(c2cccc(OCc3ccc(Cl)cc3F)n2)CC1.C=O.CN. The number of aliphatic imine (C=N–C) groups is 1. The Morgan fingerprint density at radius 2 is 1.75 bits per heavy atom. The number of nitrogens with zero attached hydrogens (tertiary/aromatic N) is 4. The highest BCUT2D eigenvalue weighted by atomic mass is 35.5. The Labute approximate surface area is 305 Å². The van der Waals surface area contributed by atoms with Gasteiger partial charge in [0.2, 0.25) is 5.88 Å². The first-order valence-electron chi connectivity index (χ1n) is 16.7. The molecule has 1 saturated heterocycles. The molecular weight excluding hydrogens is 673 g/mol. The van der Waals surface area contributed by atoms with Crippen molar-refractivity contribution in [2.75, 3.05) is 65.5 Å². The van der Waals surface area contributed by atoms with E-state index in [4.69, 9.17) is 35.6 Å². The van der Waals surface area contributed by atoms with Gasteiger partial charge in [-0.2, -0.15) is 0 Å². The first kappa shape index (κ1) is 40.9. The summed E-state index contributed by atoms with van der Waals surface area (Å²) in [4.78, 5) is 21.9. The van der Waals surface area contributed by atoms with Crippen LogP contribution in [0.3, 0.4) is 0 Å². The third-order valence-corrected chi connectivity index (χ3v) is 8.83. The van der Waals surface area contributed by atoms with Crippen LogP contribution in [-0.4, -0.2) is 89.1 Å². The molecule has 3 aromatic carbocycles. The highest BCUT2D eigenvalue weighted by Gasteiger charge is 2.23. The number of likely N-dealkylation sites (tertiary alicyclic amines) is 1. The minimum atomic E-state index is -0.386. The summed E-state index contributed by atoms with van der Waals surface area (Å²) in [5.74, 6) is 1.02. The lowest BCUT2D eigenvalue weighted by atomic mass is 9.93. The van der Waals surface area contributed by atoms with Crippen molar-refractivity contribution >= 4 is 36.5 Å². The molecule has 0 unspecified atom stereocenters. The van der Waals surface area contributed by atoms with E-state index < -0.39 is 0 Å². The number of nitrogens with two attached hydrogens (primary N) is 1. The lowest BCUT2D eigenvalue weighted by molar-refractivity contribution is -0.0980. The van der Waals surface area contributed by atoms with Gasteiger partial charge in [-0.1, -0.05) is 35.9 Å². The van der Waals surface area contributed by atoms with E-state index in [0.717, 1.165) is 73.8 Å². The van der Waals surface area contributed by atoms with Crippen LogP contribution in [0.25, 0.3) is 0 Å². The molecule has 0 radical (unpaired) electrons. The van der Waals surface area contributed by atoms with E-state index in [0.29, 0.717) is 41.2 Å². The smallest absolute Gasteiger partial charge is 0.213 e. The van der Waals surface area contributed by atoms with Gasteiger partial charge in [0, 0.05) is 55.0 Å². The van der Waals surface area contributed by atoms with E-state index in [1.165, 1.54) is 13.1 Å². The molecular formula is C39H49ClFN5O5. The Morgan fingerprint density at radius 3 is 2.43 bits per heavy atom. The summed E-state index contributed by atoms with van der Waals surface area (Å²) >= 11 is 5.87. The number of phenolic OH excluding ortho intramolecular Hbond substituents is 1. The molecule has 51 heavy (non-hydrogen) atoms. The second-order valence-electron chi connectivity index (χ2n) is 11.7. The molecule has 0 amide bonds. The summed E-state index contributed by atoms with van der Waals surface area (Å²) in [6.45, 7) is 11.0. The van der Waals surface area contributed by atoms with Crippen LogP contribution < -0.4 is 20.1 Å². The van der Waals surface area contributed by atoms with Gasteiger partial charge in [0.05, 0.1) is 25.1 Å². The van der Waals surface area contributed by atoms with Gasteiger partial charge in [-0.3, -0.25) is 4.99 Å². The third-order valence-electron chi connectivity index (χ3n) is 8.60. The maximum absolute atomic E-state index is 14.2. The molecule has 3 N–H and O–H groups in total. The Hall–Kier alpha value is -4.55. The quantitative estimate of drug-likeness (QED) is 0.128. The number of aromatic hydroxyl groups is 1. The molecule has 4 aromatic rings. The molecule has 5 rings (SSSR count). The van der Waals surface area contributed by atoms with Crippen LogP contribution in [0.2, 0.25) is 5.02 Å². The van der Waals surface area contributed by atoms with Gasteiger partial charge in [0.1, 0.15) is 19.2 Å². The molecule has 0 spiro atoms. The van der Waals surface area contributed by atoms with Gasteiger partial charge in [-0.05, 0) is 99.7 Å². The molecule has 0 atom stereocenters. The van der Waals surface area contributed by atoms with Gasteiger partial charge in [0.25, 0.3) is 0 Å². The number of aromatic nitrogens is 1.